The van der Waals surface area contributed by atoms with Crippen LogP contribution in [0.15, 0.2) is 24.3 Å². The molecule has 1 aromatic carbocycles. The van der Waals surface area contributed by atoms with E-state index in [1.807, 2.05) is 0 Å². The van der Waals surface area contributed by atoms with Crippen molar-refractivity contribution in [2.45, 2.75) is 0 Å². The highest BCUT2D eigenvalue weighted by atomic mass is 32.1. The van der Waals surface area contributed by atoms with Crippen molar-refractivity contribution in [3.63, 3.8) is 0 Å². The number of hydrogen-bond donors (Lipinski definition) is 3. The van der Waals surface area contributed by atoms with Gasteiger partial charge in [-0.15, -0.1) is 11.3 Å². The lowest BCUT2D eigenvalue weighted by atomic mass is 10.1. The SMILES string of the molecule is CNC(=O)c1sc2nc(N)nc(-c3ccc(F)cc3)c2c1N. The molecule has 1 amide bonds. The Morgan fingerprint density at radius 1 is 1.23 bits per heavy atom. The molecule has 0 fully saturated rings. The van der Waals surface area contributed by atoms with Gasteiger partial charge in [-0.25, -0.2) is 14.4 Å². The first-order valence-electron chi connectivity index (χ1n) is 6.34. The molecule has 6 nitrogen and oxygen atoms in total. The van der Waals surface area contributed by atoms with E-state index in [-0.39, 0.29) is 17.7 Å². The van der Waals surface area contributed by atoms with Crippen molar-refractivity contribution in [1.82, 2.24) is 15.3 Å². The molecule has 0 saturated heterocycles. The number of nitrogens with two attached hydrogens (primary N) is 2. The maximum atomic E-state index is 13.1. The molecule has 3 aromatic rings. The van der Waals surface area contributed by atoms with Gasteiger partial charge < -0.3 is 16.8 Å². The Bertz CT molecular complexity index is 875. The number of nitrogen functional groups attached to an aromatic ring is 2. The second kappa shape index (κ2) is 5.23. The van der Waals surface area contributed by atoms with Gasteiger partial charge in [-0.3, -0.25) is 4.79 Å². The molecule has 0 saturated carbocycles. The number of amides is 1. The Morgan fingerprint density at radius 2 is 1.91 bits per heavy atom. The van der Waals surface area contributed by atoms with Gasteiger partial charge in [0.2, 0.25) is 5.95 Å². The standard InChI is InChI=1S/C14H12FN5OS/c1-18-12(21)11-9(16)8-10(6-2-4-7(15)5-3-6)19-14(17)20-13(8)22-11/h2-5H,16H2,1H3,(H,18,21)(H2,17,19,20). The summed E-state index contributed by atoms with van der Waals surface area (Å²) in [6, 6.07) is 5.80. The van der Waals surface area contributed by atoms with Crippen molar-refractivity contribution in [3.05, 3.63) is 35.0 Å². The first-order chi connectivity index (χ1) is 10.5. The lowest BCUT2D eigenvalue weighted by Gasteiger charge is -2.05. The first-order valence-corrected chi connectivity index (χ1v) is 7.16. The van der Waals surface area contributed by atoms with E-state index in [0.29, 0.717) is 32.0 Å². The highest BCUT2D eigenvalue weighted by molar-refractivity contribution is 7.21. The van der Waals surface area contributed by atoms with Gasteiger partial charge >= 0.3 is 0 Å². The average Bonchev–Trinajstić information content (AvgIpc) is 2.83. The van der Waals surface area contributed by atoms with Gasteiger partial charge in [0.1, 0.15) is 15.5 Å². The predicted molar refractivity (Wildman–Crippen MR) is 85.0 cm³/mol. The summed E-state index contributed by atoms with van der Waals surface area (Å²) in [7, 11) is 1.52. The summed E-state index contributed by atoms with van der Waals surface area (Å²) in [6.45, 7) is 0. The van der Waals surface area contributed by atoms with E-state index in [9.17, 15) is 9.18 Å². The fraction of sp³-hybridized carbons (Fsp3) is 0.0714. The number of rotatable bonds is 2. The normalized spacial score (nSPS) is 10.8. The number of carbonyl (C=O) groups is 1. The molecular weight excluding hydrogens is 305 g/mol. The highest BCUT2D eigenvalue weighted by Gasteiger charge is 2.21. The summed E-state index contributed by atoms with van der Waals surface area (Å²) < 4.78 is 13.1. The lowest BCUT2D eigenvalue weighted by molar-refractivity contribution is 0.0968. The minimum Gasteiger partial charge on any atom is -0.397 e. The maximum Gasteiger partial charge on any atom is 0.263 e. The second-order valence-corrected chi connectivity index (χ2v) is 5.54. The van der Waals surface area contributed by atoms with Crippen molar-refractivity contribution < 1.29 is 9.18 Å². The third-order valence-corrected chi connectivity index (χ3v) is 4.25. The number of nitrogens with zero attached hydrogens (tertiary/aromatic N) is 2. The summed E-state index contributed by atoms with van der Waals surface area (Å²) in [4.78, 5) is 21.1. The molecule has 2 heterocycles. The number of fused-ring (bicyclic) bond motifs is 1. The zero-order chi connectivity index (χ0) is 15.9. The van der Waals surface area contributed by atoms with Crippen LogP contribution in [0.2, 0.25) is 0 Å². The largest absolute Gasteiger partial charge is 0.397 e. The third kappa shape index (κ3) is 2.23. The molecule has 0 aliphatic rings. The average molecular weight is 317 g/mol. The first kappa shape index (κ1) is 14.2. The second-order valence-electron chi connectivity index (χ2n) is 4.54. The molecule has 5 N–H and O–H groups in total. The molecule has 2 aromatic heterocycles. The van der Waals surface area contributed by atoms with E-state index >= 15 is 0 Å². The molecule has 112 valence electrons. The molecule has 0 aliphatic carbocycles. The summed E-state index contributed by atoms with van der Waals surface area (Å²) in [5.74, 6) is -0.591. The van der Waals surface area contributed by atoms with E-state index in [2.05, 4.69) is 15.3 Å². The highest BCUT2D eigenvalue weighted by Crippen LogP contribution is 2.38. The summed E-state index contributed by atoms with van der Waals surface area (Å²) >= 11 is 1.14. The zero-order valence-electron chi connectivity index (χ0n) is 11.6. The molecule has 0 unspecified atom stereocenters. The fourth-order valence-electron chi connectivity index (χ4n) is 2.14. The van der Waals surface area contributed by atoms with Crippen LogP contribution in [0, 0.1) is 5.82 Å². The van der Waals surface area contributed by atoms with Crippen LogP contribution in [-0.4, -0.2) is 22.9 Å². The number of halogens is 1. The van der Waals surface area contributed by atoms with Crippen LogP contribution in [0.5, 0.6) is 0 Å². The minimum absolute atomic E-state index is 0.0662. The van der Waals surface area contributed by atoms with Gasteiger partial charge in [-0.05, 0) is 24.3 Å². The number of nitrogens with one attached hydrogen (secondary N) is 1. The van der Waals surface area contributed by atoms with Gasteiger partial charge in [0.25, 0.3) is 5.91 Å². The monoisotopic (exact) mass is 317 g/mol. The van der Waals surface area contributed by atoms with E-state index in [4.69, 9.17) is 11.5 Å². The number of aromatic nitrogens is 2. The van der Waals surface area contributed by atoms with Crippen molar-refractivity contribution in [2.24, 2.45) is 0 Å². The molecule has 3 rings (SSSR count). The number of hydrogen-bond acceptors (Lipinski definition) is 6. The van der Waals surface area contributed by atoms with E-state index < -0.39 is 0 Å². The van der Waals surface area contributed by atoms with Crippen molar-refractivity contribution in [3.8, 4) is 11.3 Å². The van der Waals surface area contributed by atoms with Crippen LogP contribution < -0.4 is 16.8 Å². The number of benzene rings is 1. The zero-order valence-corrected chi connectivity index (χ0v) is 12.4. The van der Waals surface area contributed by atoms with E-state index in [1.54, 1.807) is 12.1 Å². The van der Waals surface area contributed by atoms with Gasteiger partial charge in [-0.1, -0.05) is 0 Å². The molecule has 0 atom stereocenters. The third-order valence-electron chi connectivity index (χ3n) is 3.16. The Hall–Kier alpha value is -2.74. The number of anilines is 2. The smallest absolute Gasteiger partial charge is 0.263 e. The molecule has 0 bridgehead atoms. The molecule has 0 radical (unpaired) electrons. The topological polar surface area (TPSA) is 107 Å². The Labute approximate surface area is 129 Å². The summed E-state index contributed by atoms with van der Waals surface area (Å²) in [6.07, 6.45) is 0. The van der Waals surface area contributed by atoms with Gasteiger partial charge in [0, 0.05) is 12.6 Å². The van der Waals surface area contributed by atoms with Crippen LogP contribution in [0.25, 0.3) is 21.5 Å². The number of carbonyl (C=O) groups excluding carboxylic acids is 1. The Morgan fingerprint density at radius 3 is 2.55 bits per heavy atom. The van der Waals surface area contributed by atoms with Crippen LogP contribution in [0.3, 0.4) is 0 Å². The molecule has 0 aliphatic heterocycles. The van der Waals surface area contributed by atoms with Crippen molar-refractivity contribution in [1.29, 1.82) is 0 Å². The van der Waals surface area contributed by atoms with Gasteiger partial charge in [0.15, 0.2) is 0 Å². The molecule has 8 heteroatoms. The Kier molecular flexibility index (Phi) is 3.38. The summed E-state index contributed by atoms with van der Waals surface area (Å²) in [5.41, 5.74) is 13.2. The summed E-state index contributed by atoms with van der Waals surface area (Å²) in [5, 5.41) is 3.07. The van der Waals surface area contributed by atoms with Crippen LogP contribution in [0.4, 0.5) is 16.0 Å². The quantitative estimate of drug-likeness (QED) is 0.670. The lowest BCUT2D eigenvalue weighted by Crippen LogP contribution is -2.17. The number of thiophene rings is 1. The van der Waals surface area contributed by atoms with Crippen LogP contribution in [0.1, 0.15) is 9.67 Å². The van der Waals surface area contributed by atoms with Gasteiger partial charge in [-0.2, -0.15) is 0 Å². The Balaban J connectivity index is 2.32. The minimum atomic E-state index is -0.355. The van der Waals surface area contributed by atoms with Crippen LogP contribution >= 0.6 is 11.3 Å². The van der Waals surface area contributed by atoms with Gasteiger partial charge in [0.05, 0.1) is 16.8 Å². The molecule has 22 heavy (non-hydrogen) atoms. The molecular formula is C14H12FN5OS. The fourth-order valence-corrected chi connectivity index (χ4v) is 3.19. The molecule has 0 spiro atoms. The van der Waals surface area contributed by atoms with Crippen molar-refractivity contribution in [2.75, 3.05) is 18.5 Å². The van der Waals surface area contributed by atoms with Crippen LogP contribution in [-0.2, 0) is 0 Å². The van der Waals surface area contributed by atoms with E-state index in [0.717, 1.165) is 11.3 Å². The van der Waals surface area contributed by atoms with E-state index in [1.165, 1.54) is 19.2 Å². The maximum absolute atomic E-state index is 13.1. The van der Waals surface area contributed by atoms with Crippen molar-refractivity contribution >= 4 is 39.1 Å². The predicted octanol–water partition coefficient (Wildman–Crippen LogP) is 2.02.